The molecule has 3 aromatic carbocycles. The smallest absolute Gasteiger partial charge is 0.162 e. The molecule has 3 nitrogen and oxygen atoms in total. The third-order valence-corrected chi connectivity index (χ3v) is 5.68. The third kappa shape index (κ3) is 5.13. The second-order valence-electron chi connectivity index (χ2n) is 6.29. The largest absolute Gasteiger partial charge is 0.493 e. The summed E-state index contributed by atoms with van der Waals surface area (Å²) in [5.74, 6) is 1.35. The van der Waals surface area contributed by atoms with Crippen molar-refractivity contribution in [2.45, 2.75) is 20.1 Å². The van der Waals surface area contributed by atoms with Crippen LogP contribution in [0.2, 0.25) is 10.0 Å². The second-order valence-corrected chi connectivity index (χ2v) is 7.99. The van der Waals surface area contributed by atoms with Crippen LogP contribution in [0.25, 0.3) is 0 Å². The van der Waals surface area contributed by atoms with Gasteiger partial charge in [-0.3, -0.25) is 0 Å². The maximum absolute atomic E-state index is 6.22. The van der Waals surface area contributed by atoms with Gasteiger partial charge in [-0.25, -0.2) is 0 Å². The number of nitrogens with one attached hydrogen (secondary N) is 1. The van der Waals surface area contributed by atoms with E-state index in [9.17, 15) is 0 Å². The number of methoxy groups -OCH3 is 1. The topological polar surface area (TPSA) is 30.5 Å². The highest BCUT2D eigenvalue weighted by molar-refractivity contribution is 9.10. The molecule has 0 bridgehead atoms. The minimum Gasteiger partial charge on any atom is -0.493 e. The van der Waals surface area contributed by atoms with Crippen LogP contribution >= 0.6 is 39.1 Å². The normalized spacial score (nSPS) is 10.6. The number of rotatable bonds is 7. The fraction of sp³-hybridized carbons (Fsp3) is 0.182. The zero-order valence-electron chi connectivity index (χ0n) is 15.6. The highest BCUT2D eigenvalue weighted by Gasteiger charge is 2.12. The van der Waals surface area contributed by atoms with Crippen LogP contribution in [-0.2, 0) is 13.2 Å². The Morgan fingerprint density at radius 3 is 2.50 bits per heavy atom. The molecule has 0 aliphatic carbocycles. The third-order valence-electron chi connectivity index (χ3n) is 4.37. The van der Waals surface area contributed by atoms with E-state index in [0.29, 0.717) is 34.7 Å². The number of hydrogen-bond donors (Lipinski definition) is 1. The monoisotopic (exact) mass is 479 g/mol. The van der Waals surface area contributed by atoms with Crippen molar-refractivity contribution in [2.24, 2.45) is 0 Å². The minimum atomic E-state index is 0.477. The van der Waals surface area contributed by atoms with Gasteiger partial charge in [0.05, 0.1) is 17.8 Å². The Labute approximate surface area is 183 Å². The lowest BCUT2D eigenvalue weighted by atomic mass is 10.1. The van der Waals surface area contributed by atoms with Gasteiger partial charge in [-0.15, -0.1) is 0 Å². The Kier molecular flexibility index (Phi) is 7.11. The summed E-state index contributed by atoms with van der Waals surface area (Å²) in [6.07, 6.45) is 0. The molecule has 0 amide bonds. The molecular weight excluding hydrogens is 461 g/mol. The summed E-state index contributed by atoms with van der Waals surface area (Å²) in [4.78, 5) is 0. The van der Waals surface area contributed by atoms with E-state index in [0.717, 1.165) is 21.3 Å². The van der Waals surface area contributed by atoms with E-state index in [1.807, 2.05) is 24.3 Å². The molecule has 28 heavy (non-hydrogen) atoms. The van der Waals surface area contributed by atoms with Crippen molar-refractivity contribution in [3.8, 4) is 11.5 Å². The fourth-order valence-electron chi connectivity index (χ4n) is 2.74. The van der Waals surface area contributed by atoms with Gasteiger partial charge in [0.1, 0.15) is 6.61 Å². The number of aryl methyl sites for hydroxylation is 1. The summed E-state index contributed by atoms with van der Waals surface area (Å²) in [6.45, 7) is 3.10. The van der Waals surface area contributed by atoms with Gasteiger partial charge in [0, 0.05) is 16.0 Å². The molecule has 0 spiro atoms. The second kappa shape index (κ2) is 9.55. The molecule has 0 aliphatic rings. The van der Waals surface area contributed by atoms with Crippen LogP contribution in [-0.4, -0.2) is 7.11 Å². The Morgan fingerprint density at radius 1 is 0.964 bits per heavy atom. The molecule has 6 heteroatoms. The van der Waals surface area contributed by atoms with Crippen LogP contribution in [0.1, 0.15) is 16.7 Å². The van der Waals surface area contributed by atoms with Crippen LogP contribution in [0.4, 0.5) is 5.69 Å². The molecule has 146 valence electrons. The zero-order chi connectivity index (χ0) is 20.1. The molecule has 0 aliphatic heterocycles. The molecule has 0 heterocycles. The average molecular weight is 481 g/mol. The van der Waals surface area contributed by atoms with Gasteiger partial charge in [-0.1, -0.05) is 63.4 Å². The number of benzene rings is 3. The molecule has 0 unspecified atom stereocenters. The van der Waals surface area contributed by atoms with E-state index in [-0.39, 0.29) is 0 Å². The number of ether oxygens (including phenoxy) is 2. The SMILES string of the molecule is COc1cc(CNc2cc(Cl)ccc2Cl)c(Br)cc1OCc1ccccc1C. The van der Waals surface area contributed by atoms with E-state index in [1.54, 1.807) is 25.3 Å². The molecule has 0 aromatic heterocycles. The fourth-order valence-corrected chi connectivity index (χ4v) is 3.56. The maximum Gasteiger partial charge on any atom is 0.162 e. The summed E-state index contributed by atoms with van der Waals surface area (Å²) >= 11 is 15.9. The highest BCUT2D eigenvalue weighted by Crippen LogP contribution is 2.35. The van der Waals surface area contributed by atoms with Gasteiger partial charge in [-0.2, -0.15) is 0 Å². The van der Waals surface area contributed by atoms with Gasteiger partial charge in [0.25, 0.3) is 0 Å². The van der Waals surface area contributed by atoms with Crippen LogP contribution in [0.3, 0.4) is 0 Å². The van der Waals surface area contributed by atoms with E-state index in [1.165, 1.54) is 5.56 Å². The summed E-state index contributed by atoms with van der Waals surface area (Å²) < 4.78 is 12.5. The first-order chi connectivity index (χ1) is 13.5. The molecule has 0 fully saturated rings. The summed E-state index contributed by atoms with van der Waals surface area (Å²) in [5.41, 5.74) is 4.12. The first kappa shape index (κ1) is 20.8. The van der Waals surface area contributed by atoms with Crippen molar-refractivity contribution in [1.29, 1.82) is 0 Å². The van der Waals surface area contributed by atoms with Crippen molar-refractivity contribution < 1.29 is 9.47 Å². The minimum absolute atomic E-state index is 0.477. The molecule has 3 aromatic rings. The number of halogens is 3. The van der Waals surface area contributed by atoms with Crippen molar-refractivity contribution in [2.75, 3.05) is 12.4 Å². The van der Waals surface area contributed by atoms with E-state index in [2.05, 4.69) is 40.3 Å². The lowest BCUT2D eigenvalue weighted by Crippen LogP contribution is -2.04. The Hall–Kier alpha value is -1.88. The van der Waals surface area contributed by atoms with E-state index >= 15 is 0 Å². The Morgan fingerprint density at radius 2 is 1.75 bits per heavy atom. The molecule has 1 N–H and O–H groups in total. The molecule has 0 saturated carbocycles. The first-order valence-corrected chi connectivity index (χ1v) is 10.3. The number of hydrogen-bond acceptors (Lipinski definition) is 3. The zero-order valence-corrected chi connectivity index (χ0v) is 18.7. The first-order valence-electron chi connectivity index (χ1n) is 8.70. The quantitative estimate of drug-likeness (QED) is 0.385. The highest BCUT2D eigenvalue weighted by atomic mass is 79.9. The van der Waals surface area contributed by atoms with Crippen molar-refractivity contribution >= 4 is 44.8 Å². The average Bonchev–Trinajstić information content (AvgIpc) is 2.69. The Balaban J connectivity index is 1.75. The predicted molar refractivity (Wildman–Crippen MR) is 120 cm³/mol. The molecule has 0 saturated heterocycles. The van der Waals surface area contributed by atoms with Gasteiger partial charge < -0.3 is 14.8 Å². The van der Waals surface area contributed by atoms with E-state index < -0.39 is 0 Å². The summed E-state index contributed by atoms with van der Waals surface area (Å²) in [7, 11) is 1.63. The summed E-state index contributed by atoms with van der Waals surface area (Å²) in [5, 5.41) is 4.55. The number of anilines is 1. The van der Waals surface area contributed by atoms with Crippen LogP contribution in [0, 0.1) is 6.92 Å². The van der Waals surface area contributed by atoms with Crippen LogP contribution in [0.5, 0.6) is 11.5 Å². The van der Waals surface area contributed by atoms with E-state index in [4.69, 9.17) is 32.7 Å². The van der Waals surface area contributed by atoms with Gasteiger partial charge >= 0.3 is 0 Å². The van der Waals surface area contributed by atoms with Crippen LogP contribution < -0.4 is 14.8 Å². The molecule has 0 radical (unpaired) electrons. The predicted octanol–water partition coefficient (Wildman–Crippen LogP) is 7.26. The maximum atomic E-state index is 6.22. The van der Waals surface area contributed by atoms with Gasteiger partial charge in [-0.05, 0) is 53.9 Å². The molecule has 0 atom stereocenters. The lowest BCUT2D eigenvalue weighted by molar-refractivity contribution is 0.283. The van der Waals surface area contributed by atoms with Crippen molar-refractivity contribution in [3.63, 3.8) is 0 Å². The van der Waals surface area contributed by atoms with Crippen molar-refractivity contribution in [3.05, 3.63) is 85.8 Å². The van der Waals surface area contributed by atoms with Gasteiger partial charge in [0.2, 0.25) is 0 Å². The standard InChI is InChI=1S/C22H20BrCl2NO2/c1-14-5-3-4-6-15(14)13-28-22-11-18(23)16(9-21(22)27-2)12-26-20-10-17(24)7-8-19(20)25/h3-11,26H,12-13H2,1-2H3. The summed E-state index contributed by atoms with van der Waals surface area (Å²) in [6, 6.07) is 17.4. The van der Waals surface area contributed by atoms with Crippen molar-refractivity contribution in [1.82, 2.24) is 0 Å². The molecule has 3 rings (SSSR count). The van der Waals surface area contributed by atoms with Crippen LogP contribution in [0.15, 0.2) is 59.1 Å². The Bertz CT molecular complexity index is 979. The lowest BCUT2D eigenvalue weighted by Gasteiger charge is -2.16. The molecular formula is C22H20BrCl2NO2. The van der Waals surface area contributed by atoms with Gasteiger partial charge in [0.15, 0.2) is 11.5 Å².